The van der Waals surface area contributed by atoms with Gasteiger partial charge in [0.25, 0.3) is 0 Å². The topological polar surface area (TPSA) is 208 Å². The van der Waals surface area contributed by atoms with Crippen LogP contribution in [0.15, 0.2) is 0 Å². The van der Waals surface area contributed by atoms with Crippen LogP contribution < -0.4 is 5.73 Å². The highest BCUT2D eigenvalue weighted by Crippen LogP contribution is 2.50. The molecule has 6 atom stereocenters. The number of rotatable bonds is 6. The Hall–Kier alpha value is -1.70. The van der Waals surface area contributed by atoms with Crippen LogP contribution in [0.3, 0.4) is 0 Å². The van der Waals surface area contributed by atoms with Crippen molar-refractivity contribution < 1.29 is 44.3 Å². The number of hydrogen-bond acceptors (Lipinski definition) is 11. The van der Waals surface area contributed by atoms with E-state index in [0.717, 1.165) is 20.8 Å². The smallest absolute Gasteiger partial charge is 0.200 e. The van der Waals surface area contributed by atoms with Gasteiger partial charge in [-0.15, -0.1) is 0 Å². The second kappa shape index (κ2) is 7.37. The van der Waals surface area contributed by atoms with Crippen LogP contribution in [-0.4, -0.2) is 83.2 Å². The maximum absolute atomic E-state index is 12.3. The third-order valence-electron chi connectivity index (χ3n) is 4.65. The van der Waals surface area contributed by atoms with Crippen molar-refractivity contribution in [2.24, 2.45) is 5.73 Å². The van der Waals surface area contributed by atoms with Crippen molar-refractivity contribution in [1.82, 2.24) is 0 Å². The quantitative estimate of drug-likeness (QED) is 0.197. The monoisotopic (exact) mass is 406 g/mol. The van der Waals surface area contributed by atoms with Crippen LogP contribution in [0.25, 0.3) is 0 Å². The van der Waals surface area contributed by atoms with Crippen molar-refractivity contribution in [2.75, 3.05) is 0 Å². The Labute approximate surface area is 158 Å². The molecule has 1 fully saturated rings. The molecule has 0 aromatic heterocycles. The van der Waals surface area contributed by atoms with E-state index in [0.29, 0.717) is 6.92 Å². The number of ether oxygens (including phenoxy) is 1. The molecule has 0 saturated carbocycles. The van der Waals surface area contributed by atoms with Crippen molar-refractivity contribution in [2.45, 2.75) is 62.1 Å². The number of nitrogens with two attached hydrogens (primary N) is 1. The number of Topliss-reactive ketones (excluding diaryl/α,β-unsaturated/α-hetero) is 4. The van der Waals surface area contributed by atoms with Crippen LogP contribution in [-0.2, 0) is 23.9 Å². The second-order valence-corrected chi connectivity index (χ2v) is 7.44. The van der Waals surface area contributed by atoms with E-state index in [1.165, 1.54) is 0 Å². The van der Waals surface area contributed by atoms with Gasteiger partial charge in [0.05, 0.1) is 0 Å². The molecule has 1 aliphatic rings. The first-order valence-corrected chi connectivity index (χ1v) is 8.52. The number of thioether (sulfide) groups is 1. The highest BCUT2D eigenvalue weighted by atomic mass is 32.2. The molecule has 152 valence electrons. The van der Waals surface area contributed by atoms with E-state index < -0.39 is 62.7 Å². The van der Waals surface area contributed by atoms with Gasteiger partial charge < -0.3 is 30.9 Å². The zero-order valence-electron chi connectivity index (χ0n) is 15.0. The number of hydrogen-bond donors (Lipinski definition) is 6. The summed E-state index contributed by atoms with van der Waals surface area (Å²) in [5, 5.41) is 49.8. The SMILES string of the molecule is CC(=O)C(O)[C@H]1O[C@@H](SC(=N)N)[C@](O)(C(C)=O)[C@](O)(C(C)=O)[C@@]1(O)C(C)=O. The molecular weight excluding hydrogens is 384 g/mol. The Bertz CT molecular complexity index is 713. The number of carbonyl (C=O) groups excluding carboxylic acids is 4. The molecule has 12 heteroatoms. The minimum absolute atomic E-state index is 0.187. The van der Waals surface area contributed by atoms with Gasteiger partial charge in [-0.1, -0.05) is 11.8 Å². The van der Waals surface area contributed by atoms with Crippen LogP contribution in [0, 0.1) is 5.41 Å². The molecule has 1 rings (SSSR count). The predicted molar refractivity (Wildman–Crippen MR) is 91.7 cm³/mol. The van der Waals surface area contributed by atoms with E-state index in [9.17, 15) is 39.6 Å². The largest absolute Gasteiger partial charge is 0.382 e. The van der Waals surface area contributed by atoms with Crippen LogP contribution >= 0.6 is 11.8 Å². The van der Waals surface area contributed by atoms with Gasteiger partial charge in [0.15, 0.2) is 44.9 Å². The standard InChI is InChI=1S/C15H22N2O9S/c1-5(18)9(22)10-13(23,6(2)19)15(25,8(4)21)14(24,7(3)20)11(26-10)27-12(16)17/h9-11,22-25H,1-4H3,(H3,16,17)/t9?,10-,11+,13-,14-,15+/m1/s1. The number of carbonyl (C=O) groups is 4. The van der Waals surface area contributed by atoms with Crippen molar-refractivity contribution in [3.8, 4) is 0 Å². The van der Waals surface area contributed by atoms with Crippen LogP contribution in [0.2, 0.25) is 0 Å². The summed E-state index contributed by atoms with van der Waals surface area (Å²) < 4.78 is 5.24. The third-order valence-corrected chi connectivity index (χ3v) is 5.57. The highest BCUT2D eigenvalue weighted by molar-refractivity contribution is 8.14. The van der Waals surface area contributed by atoms with Gasteiger partial charge in [0.2, 0.25) is 5.60 Å². The lowest BCUT2D eigenvalue weighted by atomic mass is 9.60. The summed E-state index contributed by atoms with van der Waals surface area (Å²) in [6, 6.07) is 0. The van der Waals surface area contributed by atoms with Crippen LogP contribution in [0.1, 0.15) is 27.7 Å². The Balaban J connectivity index is 3.95. The van der Waals surface area contributed by atoms with Gasteiger partial charge >= 0.3 is 0 Å². The third kappa shape index (κ3) is 3.11. The summed E-state index contributed by atoms with van der Waals surface area (Å²) in [5.74, 6) is -5.03. The van der Waals surface area contributed by atoms with Gasteiger partial charge in [-0.25, -0.2) is 0 Å². The van der Waals surface area contributed by atoms with Gasteiger partial charge in [-0.3, -0.25) is 24.6 Å². The van der Waals surface area contributed by atoms with Crippen molar-refractivity contribution >= 4 is 40.1 Å². The zero-order chi connectivity index (χ0) is 21.5. The molecule has 1 heterocycles. The fourth-order valence-corrected chi connectivity index (χ4v) is 4.07. The summed E-state index contributed by atoms with van der Waals surface area (Å²) >= 11 is 0.187. The van der Waals surface area contributed by atoms with Gasteiger partial charge in [-0.2, -0.15) is 0 Å². The fraction of sp³-hybridized carbons (Fsp3) is 0.667. The number of nitrogens with one attached hydrogen (secondary N) is 1. The summed E-state index contributed by atoms with van der Waals surface area (Å²) in [7, 11) is 0. The van der Waals surface area contributed by atoms with E-state index in [4.69, 9.17) is 15.9 Å². The molecular formula is C15H22N2O9S. The van der Waals surface area contributed by atoms with E-state index in [1.807, 2.05) is 0 Å². The molecule has 0 radical (unpaired) electrons. The fourth-order valence-electron chi connectivity index (χ4n) is 3.15. The number of amidine groups is 1. The Morgan fingerprint density at radius 3 is 1.74 bits per heavy atom. The van der Waals surface area contributed by atoms with Crippen LogP contribution in [0.4, 0.5) is 0 Å². The molecule has 0 spiro atoms. The Morgan fingerprint density at radius 1 is 1.00 bits per heavy atom. The number of aliphatic hydroxyl groups is 4. The molecule has 1 aliphatic heterocycles. The molecule has 0 aromatic rings. The number of ketones is 4. The normalized spacial score (nSPS) is 37.3. The second-order valence-electron chi connectivity index (χ2n) is 6.34. The first kappa shape index (κ1) is 23.3. The molecule has 27 heavy (non-hydrogen) atoms. The van der Waals surface area contributed by atoms with E-state index >= 15 is 0 Å². The maximum atomic E-state index is 12.3. The molecule has 0 aromatic carbocycles. The minimum atomic E-state index is -3.51. The molecule has 0 bridgehead atoms. The molecule has 1 unspecified atom stereocenters. The molecule has 0 aliphatic carbocycles. The summed E-state index contributed by atoms with van der Waals surface area (Å²) in [6.07, 6.45) is -4.45. The Morgan fingerprint density at radius 2 is 1.44 bits per heavy atom. The maximum Gasteiger partial charge on any atom is 0.200 e. The average molecular weight is 406 g/mol. The molecule has 7 N–H and O–H groups in total. The molecule has 11 nitrogen and oxygen atoms in total. The van der Waals surface area contributed by atoms with E-state index in [-0.39, 0.29) is 11.8 Å². The summed E-state index contributed by atoms with van der Waals surface area (Å²) in [5.41, 5.74) is -6.87. The highest BCUT2D eigenvalue weighted by Gasteiger charge is 2.79. The summed E-state index contributed by atoms with van der Waals surface area (Å²) in [6.45, 7) is 3.06. The van der Waals surface area contributed by atoms with Gasteiger partial charge in [-0.05, 0) is 27.7 Å². The molecule has 1 saturated heterocycles. The summed E-state index contributed by atoms with van der Waals surface area (Å²) in [4.78, 5) is 48.5. The average Bonchev–Trinajstić information content (AvgIpc) is 2.53. The lowest BCUT2D eigenvalue weighted by Crippen LogP contribution is -2.86. The van der Waals surface area contributed by atoms with E-state index in [1.54, 1.807) is 0 Å². The number of aliphatic hydroxyl groups excluding tert-OH is 1. The molecule has 0 amide bonds. The first-order valence-electron chi connectivity index (χ1n) is 7.64. The van der Waals surface area contributed by atoms with Gasteiger partial charge in [0, 0.05) is 0 Å². The lowest BCUT2D eigenvalue weighted by molar-refractivity contribution is -0.311. The van der Waals surface area contributed by atoms with Crippen molar-refractivity contribution in [1.29, 1.82) is 5.41 Å². The van der Waals surface area contributed by atoms with Crippen molar-refractivity contribution in [3.63, 3.8) is 0 Å². The minimum Gasteiger partial charge on any atom is -0.382 e. The first-order chi connectivity index (χ1) is 12.1. The van der Waals surface area contributed by atoms with E-state index in [2.05, 4.69) is 0 Å². The zero-order valence-corrected chi connectivity index (χ0v) is 15.9. The van der Waals surface area contributed by atoms with Crippen molar-refractivity contribution in [3.05, 3.63) is 0 Å². The van der Waals surface area contributed by atoms with Crippen LogP contribution in [0.5, 0.6) is 0 Å². The van der Waals surface area contributed by atoms with Gasteiger partial charge in [0.1, 0.15) is 12.2 Å². The predicted octanol–water partition coefficient (Wildman–Crippen LogP) is -2.75. The lowest BCUT2D eigenvalue weighted by Gasteiger charge is -2.58. The Kier molecular flexibility index (Phi) is 6.37.